The molecule has 4 rings (SSSR count). The highest BCUT2D eigenvalue weighted by Crippen LogP contribution is 2.32. The zero-order chi connectivity index (χ0) is 19.1. The van der Waals surface area contributed by atoms with Crippen molar-refractivity contribution in [3.63, 3.8) is 0 Å². The van der Waals surface area contributed by atoms with Gasteiger partial charge in [0.05, 0.1) is 16.8 Å². The largest absolute Gasteiger partial charge is 0.339 e. The molecule has 0 atom stereocenters. The Bertz CT molecular complexity index is 958. The molecule has 1 fully saturated rings. The van der Waals surface area contributed by atoms with Gasteiger partial charge >= 0.3 is 0 Å². The van der Waals surface area contributed by atoms with Crippen molar-refractivity contribution in [3.05, 3.63) is 64.2 Å². The second kappa shape index (κ2) is 6.65. The van der Waals surface area contributed by atoms with Crippen molar-refractivity contribution in [1.29, 1.82) is 0 Å². The van der Waals surface area contributed by atoms with E-state index in [0.29, 0.717) is 22.4 Å². The Hall–Kier alpha value is -2.95. The summed E-state index contributed by atoms with van der Waals surface area (Å²) in [4.78, 5) is 41.7. The van der Waals surface area contributed by atoms with Crippen LogP contribution in [0.25, 0.3) is 0 Å². The molecule has 1 saturated heterocycles. The predicted octanol–water partition coefficient (Wildman–Crippen LogP) is 3.73. The highest BCUT2D eigenvalue weighted by atomic mass is 16.2. The fraction of sp³-hybridized carbons (Fsp3) is 0.318. The Morgan fingerprint density at radius 3 is 2.30 bits per heavy atom. The molecule has 2 aromatic rings. The second-order valence-corrected chi connectivity index (χ2v) is 7.35. The third-order valence-corrected chi connectivity index (χ3v) is 5.38. The van der Waals surface area contributed by atoms with E-state index in [1.54, 1.807) is 18.2 Å². The van der Waals surface area contributed by atoms with Gasteiger partial charge in [0.15, 0.2) is 0 Å². The molecule has 27 heavy (non-hydrogen) atoms. The Labute approximate surface area is 158 Å². The molecule has 0 radical (unpaired) electrons. The van der Waals surface area contributed by atoms with Crippen LogP contribution in [0.2, 0.25) is 0 Å². The smallest absolute Gasteiger partial charge is 0.266 e. The number of aryl methyl sites for hydroxylation is 2. The summed E-state index contributed by atoms with van der Waals surface area (Å²) in [6.45, 7) is 5.30. The number of anilines is 1. The van der Waals surface area contributed by atoms with Gasteiger partial charge in [-0.3, -0.25) is 14.4 Å². The van der Waals surface area contributed by atoms with Crippen LogP contribution < -0.4 is 4.90 Å². The molecule has 0 aliphatic carbocycles. The minimum Gasteiger partial charge on any atom is -0.339 e. The van der Waals surface area contributed by atoms with E-state index in [4.69, 9.17) is 0 Å². The Morgan fingerprint density at radius 2 is 1.56 bits per heavy atom. The number of benzene rings is 2. The van der Waals surface area contributed by atoms with Crippen LogP contribution in [0.5, 0.6) is 0 Å². The minimum absolute atomic E-state index is 0.0667. The molecule has 0 saturated carbocycles. The first-order valence-corrected chi connectivity index (χ1v) is 9.37. The molecule has 2 aromatic carbocycles. The lowest BCUT2D eigenvalue weighted by Crippen LogP contribution is -2.35. The van der Waals surface area contributed by atoms with E-state index >= 15 is 0 Å². The van der Waals surface area contributed by atoms with Crippen molar-refractivity contribution >= 4 is 23.4 Å². The van der Waals surface area contributed by atoms with Gasteiger partial charge in [0, 0.05) is 18.7 Å². The Morgan fingerprint density at radius 1 is 0.852 bits per heavy atom. The number of hydrogen-bond acceptors (Lipinski definition) is 3. The SMILES string of the molecule is Cc1ccc(C)c(N2C(=O)c3ccc(C(=O)N4CCCCC4)cc3C2=O)c1. The fourth-order valence-corrected chi connectivity index (χ4v) is 3.83. The number of fused-ring (bicyclic) bond motifs is 1. The summed E-state index contributed by atoms with van der Waals surface area (Å²) in [7, 11) is 0. The molecule has 0 spiro atoms. The number of rotatable bonds is 2. The Kier molecular flexibility index (Phi) is 4.30. The first-order chi connectivity index (χ1) is 13.0. The molecule has 0 aromatic heterocycles. The van der Waals surface area contributed by atoms with Crippen LogP contribution in [-0.2, 0) is 0 Å². The molecule has 138 valence electrons. The lowest BCUT2D eigenvalue weighted by atomic mass is 10.0. The van der Waals surface area contributed by atoms with Crippen LogP contribution in [0, 0.1) is 13.8 Å². The van der Waals surface area contributed by atoms with Gasteiger partial charge in [0.1, 0.15) is 0 Å². The predicted molar refractivity (Wildman–Crippen MR) is 103 cm³/mol. The molecule has 2 aliphatic heterocycles. The first kappa shape index (κ1) is 17.5. The zero-order valence-corrected chi connectivity index (χ0v) is 15.6. The van der Waals surface area contributed by atoms with E-state index in [9.17, 15) is 14.4 Å². The summed E-state index contributed by atoms with van der Waals surface area (Å²) in [6.07, 6.45) is 3.16. The van der Waals surface area contributed by atoms with Crippen LogP contribution in [0.15, 0.2) is 36.4 Å². The molecule has 5 nitrogen and oxygen atoms in total. The number of hydrogen-bond donors (Lipinski definition) is 0. The van der Waals surface area contributed by atoms with Gasteiger partial charge in [-0.15, -0.1) is 0 Å². The second-order valence-electron chi connectivity index (χ2n) is 7.35. The molecule has 2 aliphatic rings. The minimum atomic E-state index is -0.364. The average Bonchev–Trinajstić information content (AvgIpc) is 2.94. The maximum atomic E-state index is 13.0. The van der Waals surface area contributed by atoms with Crippen LogP contribution in [0.1, 0.15) is 61.5 Å². The van der Waals surface area contributed by atoms with Gasteiger partial charge in [0.25, 0.3) is 17.7 Å². The summed E-state index contributed by atoms with van der Waals surface area (Å²) < 4.78 is 0. The van der Waals surface area contributed by atoms with Gasteiger partial charge in [-0.05, 0) is 68.5 Å². The zero-order valence-electron chi connectivity index (χ0n) is 15.6. The maximum absolute atomic E-state index is 13.0. The molecule has 5 heteroatoms. The van der Waals surface area contributed by atoms with Crippen LogP contribution in [0.4, 0.5) is 5.69 Å². The van der Waals surface area contributed by atoms with E-state index in [2.05, 4.69) is 0 Å². The quantitative estimate of drug-likeness (QED) is 0.765. The molecule has 2 heterocycles. The van der Waals surface area contributed by atoms with E-state index in [1.807, 2.05) is 36.9 Å². The number of carbonyl (C=O) groups is 3. The van der Waals surface area contributed by atoms with E-state index in [-0.39, 0.29) is 17.7 Å². The van der Waals surface area contributed by atoms with Crippen molar-refractivity contribution in [1.82, 2.24) is 4.90 Å². The highest BCUT2D eigenvalue weighted by molar-refractivity contribution is 6.35. The first-order valence-electron chi connectivity index (χ1n) is 9.37. The van der Waals surface area contributed by atoms with Crippen molar-refractivity contribution in [2.75, 3.05) is 18.0 Å². The number of carbonyl (C=O) groups excluding carboxylic acids is 3. The number of piperidine rings is 1. The number of nitrogens with zero attached hydrogens (tertiary/aromatic N) is 2. The van der Waals surface area contributed by atoms with Crippen LogP contribution >= 0.6 is 0 Å². The van der Waals surface area contributed by atoms with Crippen LogP contribution in [0.3, 0.4) is 0 Å². The number of amides is 3. The van der Waals surface area contributed by atoms with Crippen molar-refractivity contribution < 1.29 is 14.4 Å². The maximum Gasteiger partial charge on any atom is 0.266 e. The summed E-state index contributed by atoms with van der Waals surface area (Å²) in [5, 5.41) is 0. The molecular formula is C22H22N2O3. The Balaban J connectivity index is 1.69. The molecular weight excluding hydrogens is 340 g/mol. The lowest BCUT2D eigenvalue weighted by Gasteiger charge is -2.26. The fourth-order valence-electron chi connectivity index (χ4n) is 3.83. The monoisotopic (exact) mass is 362 g/mol. The normalized spacial score (nSPS) is 16.7. The van der Waals surface area contributed by atoms with E-state index in [0.717, 1.165) is 43.5 Å². The number of likely N-dealkylation sites (tertiary alicyclic amines) is 1. The van der Waals surface area contributed by atoms with Gasteiger partial charge in [0.2, 0.25) is 0 Å². The molecule has 3 amide bonds. The standard InChI is InChI=1S/C22H22N2O3/c1-14-6-7-15(2)19(12-14)24-21(26)17-9-8-16(13-18(17)22(24)27)20(25)23-10-4-3-5-11-23/h6-9,12-13H,3-5,10-11H2,1-2H3. The molecule has 0 N–H and O–H groups in total. The third kappa shape index (κ3) is 2.93. The van der Waals surface area contributed by atoms with Gasteiger partial charge in [-0.2, -0.15) is 0 Å². The van der Waals surface area contributed by atoms with Crippen LogP contribution in [-0.4, -0.2) is 35.7 Å². The van der Waals surface area contributed by atoms with E-state index in [1.165, 1.54) is 4.90 Å². The van der Waals surface area contributed by atoms with E-state index < -0.39 is 0 Å². The summed E-state index contributed by atoms with van der Waals surface area (Å²) >= 11 is 0. The molecule has 0 bridgehead atoms. The van der Waals surface area contributed by atoms with Gasteiger partial charge in [-0.25, -0.2) is 4.90 Å². The number of imide groups is 1. The van der Waals surface area contributed by atoms with Gasteiger partial charge < -0.3 is 4.90 Å². The summed E-state index contributed by atoms with van der Waals surface area (Å²) in [6, 6.07) is 10.5. The summed E-state index contributed by atoms with van der Waals surface area (Å²) in [5.41, 5.74) is 3.58. The third-order valence-electron chi connectivity index (χ3n) is 5.38. The van der Waals surface area contributed by atoms with Crippen molar-refractivity contribution in [3.8, 4) is 0 Å². The lowest BCUT2D eigenvalue weighted by molar-refractivity contribution is 0.0724. The highest BCUT2D eigenvalue weighted by Gasteiger charge is 2.38. The van der Waals surface area contributed by atoms with Crippen molar-refractivity contribution in [2.45, 2.75) is 33.1 Å². The average molecular weight is 362 g/mol. The van der Waals surface area contributed by atoms with Gasteiger partial charge in [-0.1, -0.05) is 12.1 Å². The molecule has 0 unspecified atom stereocenters. The van der Waals surface area contributed by atoms with Crippen molar-refractivity contribution in [2.24, 2.45) is 0 Å². The topological polar surface area (TPSA) is 57.7 Å². The summed E-state index contributed by atoms with van der Waals surface area (Å²) in [5.74, 6) is -0.763.